The summed E-state index contributed by atoms with van der Waals surface area (Å²) in [6.07, 6.45) is 9.15. The van der Waals surface area contributed by atoms with Gasteiger partial charge in [0.25, 0.3) is 0 Å². The normalized spacial score (nSPS) is 21.4. The van der Waals surface area contributed by atoms with Crippen LogP contribution in [0.2, 0.25) is 0 Å². The predicted octanol–water partition coefficient (Wildman–Crippen LogP) is 7.36. The van der Waals surface area contributed by atoms with Crippen LogP contribution in [0.4, 0.5) is 0 Å². The van der Waals surface area contributed by atoms with Gasteiger partial charge in [0.2, 0.25) is 11.6 Å². The first-order chi connectivity index (χ1) is 16.8. The average molecular weight is 471 g/mol. The molecule has 0 aliphatic heterocycles. The molecule has 2 aliphatic rings. The third kappa shape index (κ3) is 5.39. The SMILES string of the molecule is CCCC1C=C(C(=O)C(=O)CC)c2cc(C(=O)C3CCC(Cc4ccc(C)cc4)CC3)c(C)cc21. The number of benzene rings is 2. The zero-order valence-corrected chi connectivity index (χ0v) is 21.7. The van der Waals surface area contributed by atoms with Crippen LogP contribution in [-0.4, -0.2) is 17.3 Å². The number of carbonyl (C=O) groups is 3. The molecule has 0 N–H and O–H groups in total. The van der Waals surface area contributed by atoms with Crippen LogP contribution < -0.4 is 0 Å². The smallest absolute Gasteiger partial charge is 0.228 e. The molecule has 1 atom stereocenters. The summed E-state index contributed by atoms with van der Waals surface area (Å²) in [6, 6.07) is 12.8. The van der Waals surface area contributed by atoms with E-state index in [0.29, 0.717) is 11.5 Å². The largest absolute Gasteiger partial charge is 0.294 e. The summed E-state index contributed by atoms with van der Waals surface area (Å²) >= 11 is 0. The molecule has 0 spiro atoms. The van der Waals surface area contributed by atoms with Gasteiger partial charge in [-0.2, -0.15) is 0 Å². The van der Waals surface area contributed by atoms with E-state index in [4.69, 9.17) is 0 Å². The van der Waals surface area contributed by atoms with Crippen molar-refractivity contribution >= 4 is 22.9 Å². The van der Waals surface area contributed by atoms with Gasteiger partial charge in [0.1, 0.15) is 0 Å². The molecule has 1 fully saturated rings. The number of aryl methyl sites for hydroxylation is 2. The Morgan fingerprint density at radius 3 is 2.23 bits per heavy atom. The molecule has 1 unspecified atom stereocenters. The maximum Gasteiger partial charge on any atom is 0.228 e. The fraction of sp³-hybridized carbons (Fsp3) is 0.469. The molecule has 2 aliphatic carbocycles. The van der Waals surface area contributed by atoms with E-state index in [1.165, 1.54) is 11.1 Å². The number of allylic oxidation sites excluding steroid dienone is 2. The van der Waals surface area contributed by atoms with Gasteiger partial charge in [0.05, 0.1) is 0 Å². The third-order valence-electron chi connectivity index (χ3n) is 8.00. The van der Waals surface area contributed by atoms with Crippen molar-refractivity contribution in [3.63, 3.8) is 0 Å². The zero-order chi connectivity index (χ0) is 25.1. The molecule has 3 heteroatoms. The molecule has 0 aromatic heterocycles. The molecule has 0 radical (unpaired) electrons. The number of hydrogen-bond donors (Lipinski definition) is 0. The van der Waals surface area contributed by atoms with Crippen molar-refractivity contribution in [2.24, 2.45) is 11.8 Å². The molecule has 0 bridgehead atoms. The third-order valence-corrected chi connectivity index (χ3v) is 8.00. The maximum absolute atomic E-state index is 13.6. The van der Waals surface area contributed by atoms with Crippen molar-refractivity contribution in [3.05, 3.63) is 75.9 Å². The topological polar surface area (TPSA) is 51.2 Å². The number of rotatable bonds is 9. The standard InChI is InChI=1S/C32H38O3/c1-5-7-25-18-29(32(35)30(33)6-2)28-19-26(21(4)16-27(25)28)31(34)24-14-12-23(13-15-24)17-22-10-8-20(3)9-11-22/h8-11,16,18-19,23-25H,5-7,12-15,17H2,1-4H3. The van der Waals surface area contributed by atoms with Gasteiger partial charge in [-0.05, 0) is 86.6 Å². The van der Waals surface area contributed by atoms with E-state index < -0.39 is 5.78 Å². The minimum absolute atomic E-state index is 0.0364. The second kappa shape index (κ2) is 10.8. The quantitative estimate of drug-likeness (QED) is 0.284. The van der Waals surface area contributed by atoms with Crippen LogP contribution in [0.3, 0.4) is 0 Å². The maximum atomic E-state index is 13.6. The van der Waals surface area contributed by atoms with Gasteiger partial charge in [-0.15, -0.1) is 0 Å². The Labute approximate surface area is 210 Å². The molecule has 0 heterocycles. The molecular formula is C32H38O3. The van der Waals surface area contributed by atoms with E-state index in [2.05, 4.69) is 44.2 Å². The minimum Gasteiger partial charge on any atom is -0.294 e. The number of hydrogen-bond acceptors (Lipinski definition) is 3. The van der Waals surface area contributed by atoms with Crippen molar-refractivity contribution < 1.29 is 14.4 Å². The van der Waals surface area contributed by atoms with Crippen molar-refractivity contribution in [1.29, 1.82) is 0 Å². The van der Waals surface area contributed by atoms with Crippen molar-refractivity contribution in [2.45, 2.75) is 85.0 Å². The van der Waals surface area contributed by atoms with Gasteiger partial charge in [-0.3, -0.25) is 14.4 Å². The summed E-state index contributed by atoms with van der Waals surface area (Å²) in [5.74, 6) is 0.232. The molecular weight excluding hydrogens is 432 g/mol. The number of fused-ring (bicyclic) bond motifs is 1. The Hall–Kier alpha value is -2.81. The highest BCUT2D eigenvalue weighted by molar-refractivity contribution is 6.54. The Balaban J connectivity index is 1.51. The molecule has 0 saturated heterocycles. The number of Topliss-reactive ketones (excluding diaryl/α,β-unsaturated/α-hetero) is 3. The minimum atomic E-state index is -0.411. The van der Waals surface area contributed by atoms with E-state index in [0.717, 1.165) is 67.2 Å². The van der Waals surface area contributed by atoms with Crippen molar-refractivity contribution in [3.8, 4) is 0 Å². The van der Waals surface area contributed by atoms with Gasteiger partial charge in [0, 0.05) is 29.4 Å². The van der Waals surface area contributed by atoms with Gasteiger partial charge < -0.3 is 0 Å². The van der Waals surface area contributed by atoms with E-state index in [1.807, 2.05) is 19.1 Å². The Morgan fingerprint density at radius 1 is 0.914 bits per heavy atom. The highest BCUT2D eigenvalue weighted by atomic mass is 16.2. The van der Waals surface area contributed by atoms with Crippen molar-refractivity contribution in [1.82, 2.24) is 0 Å². The first-order valence-electron chi connectivity index (χ1n) is 13.4. The highest BCUT2D eigenvalue weighted by Crippen LogP contribution is 2.42. The van der Waals surface area contributed by atoms with Crippen molar-refractivity contribution in [2.75, 3.05) is 0 Å². The zero-order valence-electron chi connectivity index (χ0n) is 21.7. The summed E-state index contributed by atoms with van der Waals surface area (Å²) < 4.78 is 0. The monoisotopic (exact) mass is 470 g/mol. The predicted molar refractivity (Wildman–Crippen MR) is 142 cm³/mol. The lowest BCUT2D eigenvalue weighted by Gasteiger charge is -2.28. The van der Waals surface area contributed by atoms with Crippen LogP contribution >= 0.6 is 0 Å². The van der Waals surface area contributed by atoms with Gasteiger partial charge in [-0.1, -0.05) is 62.2 Å². The van der Waals surface area contributed by atoms with Crippen LogP contribution in [0.25, 0.3) is 5.57 Å². The molecule has 1 saturated carbocycles. The fourth-order valence-electron chi connectivity index (χ4n) is 5.88. The van der Waals surface area contributed by atoms with Gasteiger partial charge >= 0.3 is 0 Å². The molecule has 0 amide bonds. The summed E-state index contributed by atoms with van der Waals surface area (Å²) in [5.41, 5.74) is 6.78. The first-order valence-corrected chi connectivity index (χ1v) is 13.4. The molecule has 35 heavy (non-hydrogen) atoms. The molecule has 2 aromatic rings. The van der Waals surface area contributed by atoms with E-state index in [-0.39, 0.29) is 29.8 Å². The molecule has 184 valence electrons. The van der Waals surface area contributed by atoms with Crippen LogP contribution in [0.5, 0.6) is 0 Å². The Kier molecular flexibility index (Phi) is 7.84. The number of ketones is 3. The van der Waals surface area contributed by atoms with Crippen LogP contribution in [0.1, 0.15) is 103 Å². The highest BCUT2D eigenvalue weighted by Gasteiger charge is 2.33. The van der Waals surface area contributed by atoms with Crippen LogP contribution in [0.15, 0.2) is 42.5 Å². The van der Waals surface area contributed by atoms with E-state index >= 15 is 0 Å². The van der Waals surface area contributed by atoms with E-state index in [1.54, 1.807) is 6.92 Å². The molecule has 3 nitrogen and oxygen atoms in total. The second-order valence-corrected chi connectivity index (χ2v) is 10.6. The average Bonchev–Trinajstić information content (AvgIpc) is 3.21. The Bertz CT molecular complexity index is 1140. The van der Waals surface area contributed by atoms with Gasteiger partial charge in [0.15, 0.2) is 5.78 Å². The second-order valence-electron chi connectivity index (χ2n) is 10.6. The lowest BCUT2D eigenvalue weighted by Crippen LogP contribution is -2.24. The summed E-state index contributed by atoms with van der Waals surface area (Å²) in [7, 11) is 0. The van der Waals surface area contributed by atoms with Gasteiger partial charge in [-0.25, -0.2) is 0 Å². The lowest BCUT2D eigenvalue weighted by molar-refractivity contribution is -0.133. The molecule has 2 aromatic carbocycles. The first kappa shape index (κ1) is 25.3. The summed E-state index contributed by atoms with van der Waals surface area (Å²) in [4.78, 5) is 38.7. The van der Waals surface area contributed by atoms with Crippen LogP contribution in [0, 0.1) is 25.7 Å². The van der Waals surface area contributed by atoms with E-state index in [9.17, 15) is 14.4 Å². The number of carbonyl (C=O) groups excluding carboxylic acids is 3. The molecule has 4 rings (SSSR count). The summed E-state index contributed by atoms with van der Waals surface area (Å²) in [5, 5.41) is 0. The van der Waals surface area contributed by atoms with Crippen LogP contribution in [-0.2, 0) is 16.0 Å². The lowest BCUT2D eigenvalue weighted by atomic mass is 9.75. The fourth-order valence-corrected chi connectivity index (χ4v) is 5.88. The Morgan fingerprint density at radius 2 is 1.60 bits per heavy atom. The summed E-state index contributed by atoms with van der Waals surface area (Å²) in [6.45, 7) is 7.97.